The van der Waals surface area contributed by atoms with Crippen molar-refractivity contribution in [1.82, 2.24) is 4.98 Å². The Labute approximate surface area is 78.2 Å². The summed E-state index contributed by atoms with van der Waals surface area (Å²) in [5, 5.41) is 0.110. The van der Waals surface area contributed by atoms with Crippen LogP contribution in [0.15, 0.2) is 30.3 Å². The zero-order valence-corrected chi connectivity index (χ0v) is 6.97. The lowest BCUT2D eigenvalue weighted by atomic mass is 10.1. The van der Waals surface area contributed by atoms with E-state index < -0.39 is 11.7 Å². The fourth-order valence-electron chi connectivity index (χ4n) is 1.30. The normalized spacial score (nSPS) is 11.9. The zero-order valence-electron chi connectivity index (χ0n) is 6.97. The van der Waals surface area contributed by atoms with E-state index in [1.54, 1.807) is 0 Å². The fourth-order valence-corrected chi connectivity index (χ4v) is 1.30. The summed E-state index contributed by atoms with van der Waals surface area (Å²) in [6.07, 6.45) is -1.83. The number of halogens is 3. The maximum atomic E-state index is 12.5. The highest BCUT2D eigenvalue weighted by Crippen LogP contribution is 2.33. The number of hydrogen-bond donors (Lipinski definition) is 0. The van der Waals surface area contributed by atoms with Crippen molar-refractivity contribution < 1.29 is 13.2 Å². The molecule has 0 spiro atoms. The van der Waals surface area contributed by atoms with Crippen LogP contribution in [0.3, 0.4) is 0 Å². The van der Waals surface area contributed by atoms with Crippen molar-refractivity contribution in [1.29, 1.82) is 0 Å². The molecular weight excluding hydrogens is 191 g/mol. The first kappa shape index (κ1) is 8.99. The van der Waals surface area contributed by atoms with Crippen molar-refractivity contribution in [2.45, 2.75) is 6.18 Å². The first-order chi connectivity index (χ1) is 6.59. The SMILES string of the molecule is FC(F)(F)c1cccc2n[c]ccc12. The van der Waals surface area contributed by atoms with Gasteiger partial charge in [-0.15, -0.1) is 0 Å². The highest BCUT2D eigenvalue weighted by molar-refractivity contribution is 5.82. The van der Waals surface area contributed by atoms with Crippen LogP contribution in [-0.2, 0) is 6.18 Å². The number of fused-ring (bicyclic) bond motifs is 1. The maximum Gasteiger partial charge on any atom is 0.417 e. The van der Waals surface area contributed by atoms with Gasteiger partial charge in [0.25, 0.3) is 0 Å². The number of benzene rings is 1. The van der Waals surface area contributed by atoms with Crippen LogP contribution in [0.1, 0.15) is 5.56 Å². The van der Waals surface area contributed by atoms with E-state index in [2.05, 4.69) is 11.2 Å². The van der Waals surface area contributed by atoms with Crippen LogP contribution >= 0.6 is 0 Å². The van der Waals surface area contributed by atoms with E-state index in [1.165, 1.54) is 24.3 Å². The molecule has 0 fully saturated rings. The van der Waals surface area contributed by atoms with Crippen LogP contribution in [0.2, 0.25) is 0 Å². The van der Waals surface area contributed by atoms with Gasteiger partial charge in [-0.1, -0.05) is 6.07 Å². The number of nitrogens with zero attached hydrogens (tertiary/aromatic N) is 1. The Balaban J connectivity index is 2.78. The lowest BCUT2D eigenvalue weighted by Gasteiger charge is -2.08. The summed E-state index contributed by atoms with van der Waals surface area (Å²) in [7, 11) is 0. The smallest absolute Gasteiger partial charge is 0.246 e. The van der Waals surface area contributed by atoms with Gasteiger partial charge in [0.1, 0.15) is 0 Å². The molecule has 4 heteroatoms. The van der Waals surface area contributed by atoms with E-state index >= 15 is 0 Å². The largest absolute Gasteiger partial charge is 0.417 e. The van der Waals surface area contributed by atoms with Gasteiger partial charge in [-0.2, -0.15) is 13.2 Å². The van der Waals surface area contributed by atoms with Gasteiger partial charge in [-0.25, -0.2) is 4.98 Å². The maximum absolute atomic E-state index is 12.5. The number of hydrogen-bond acceptors (Lipinski definition) is 1. The van der Waals surface area contributed by atoms with Crippen molar-refractivity contribution in [2.24, 2.45) is 0 Å². The van der Waals surface area contributed by atoms with E-state index in [0.29, 0.717) is 5.52 Å². The molecule has 1 radical (unpaired) electrons. The van der Waals surface area contributed by atoms with Gasteiger partial charge in [0.05, 0.1) is 17.3 Å². The molecule has 0 aliphatic heterocycles. The fraction of sp³-hybridized carbons (Fsp3) is 0.100. The molecule has 0 N–H and O–H groups in total. The Morgan fingerprint density at radius 2 is 1.93 bits per heavy atom. The van der Waals surface area contributed by atoms with Gasteiger partial charge in [0, 0.05) is 5.39 Å². The summed E-state index contributed by atoms with van der Waals surface area (Å²) >= 11 is 0. The quantitative estimate of drug-likeness (QED) is 0.631. The third-order valence-corrected chi connectivity index (χ3v) is 1.90. The molecule has 2 aromatic rings. The Morgan fingerprint density at radius 3 is 2.64 bits per heavy atom. The lowest BCUT2D eigenvalue weighted by Crippen LogP contribution is -2.05. The average molecular weight is 196 g/mol. The minimum absolute atomic E-state index is 0.110. The molecular formula is C10H5F3N. The van der Waals surface area contributed by atoms with Crippen molar-refractivity contribution >= 4 is 10.9 Å². The van der Waals surface area contributed by atoms with E-state index in [4.69, 9.17) is 0 Å². The number of aromatic nitrogens is 1. The van der Waals surface area contributed by atoms with E-state index in [9.17, 15) is 13.2 Å². The minimum Gasteiger partial charge on any atom is -0.246 e. The Hall–Kier alpha value is -1.58. The van der Waals surface area contributed by atoms with E-state index in [-0.39, 0.29) is 5.39 Å². The van der Waals surface area contributed by atoms with Gasteiger partial charge in [0.2, 0.25) is 0 Å². The highest BCUT2D eigenvalue weighted by atomic mass is 19.4. The third kappa shape index (κ3) is 1.43. The summed E-state index contributed by atoms with van der Waals surface area (Å²) in [4.78, 5) is 3.73. The molecule has 0 bridgehead atoms. The molecule has 0 atom stereocenters. The highest BCUT2D eigenvalue weighted by Gasteiger charge is 2.32. The van der Waals surface area contributed by atoms with Crippen LogP contribution in [-0.4, -0.2) is 4.98 Å². The summed E-state index contributed by atoms with van der Waals surface area (Å²) in [6.45, 7) is 0. The predicted molar refractivity (Wildman–Crippen MR) is 45.6 cm³/mol. The second-order valence-corrected chi connectivity index (χ2v) is 2.81. The topological polar surface area (TPSA) is 12.9 Å². The molecule has 0 saturated carbocycles. The third-order valence-electron chi connectivity index (χ3n) is 1.90. The first-order valence-electron chi connectivity index (χ1n) is 3.92. The molecule has 1 aromatic carbocycles. The summed E-state index contributed by atoms with van der Waals surface area (Å²) < 4.78 is 37.4. The van der Waals surface area contributed by atoms with Gasteiger partial charge in [-0.05, 0) is 24.3 Å². The number of alkyl halides is 3. The second kappa shape index (κ2) is 2.97. The Kier molecular flexibility index (Phi) is 1.91. The van der Waals surface area contributed by atoms with Crippen LogP contribution in [0.5, 0.6) is 0 Å². The monoisotopic (exact) mass is 196 g/mol. The number of rotatable bonds is 0. The van der Waals surface area contributed by atoms with Crippen molar-refractivity contribution in [2.75, 3.05) is 0 Å². The first-order valence-corrected chi connectivity index (χ1v) is 3.92. The molecule has 1 heterocycles. The standard InChI is InChI=1S/C10H5F3N/c11-10(12,13)8-4-1-5-9-7(8)3-2-6-14-9/h1-5H. The predicted octanol–water partition coefficient (Wildman–Crippen LogP) is 3.05. The van der Waals surface area contributed by atoms with Crippen LogP contribution in [0.25, 0.3) is 10.9 Å². The van der Waals surface area contributed by atoms with Gasteiger partial charge >= 0.3 is 6.18 Å². The molecule has 71 valence electrons. The van der Waals surface area contributed by atoms with E-state index in [1.807, 2.05) is 0 Å². The van der Waals surface area contributed by atoms with Crippen LogP contribution < -0.4 is 0 Å². The van der Waals surface area contributed by atoms with Crippen LogP contribution in [0, 0.1) is 6.20 Å². The second-order valence-electron chi connectivity index (χ2n) is 2.81. The summed E-state index contributed by atoms with van der Waals surface area (Å²) in [5.74, 6) is 0. The van der Waals surface area contributed by atoms with Crippen molar-refractivity contribution in [3.05, 3.63) is 42.1 Å². The Morgan fingerprint density at radius 1 is 1.14 bits per heavy atom. The van der Waals surface area contributed by atoms with Gasteiger partial charge in [-0.3, -0.25) is 0 Å². The molecule has 0 amide bonds. The minimum atomic E-state index is -4.33. The molecule has 2 rings (SSSR count). The molecule has 0 unspecified atom stereocenters. The molecule has 1 nitrogen and oxygen atoms in total. The molecule has 0 aliphatic rings. The Bertz CT molecular complexity index is 457. The zero-order chi connectivity index (χ0) is 10.2. The summed E-state index contributed by atoms with van der Waals surface area (Å²) in [5.41, 5.74) is -0.348. The average Bonchev–Trinajstić information content (AvgIpc) is 2.15. The molecule has 0 saturated heterocycles. The summed E-state index contributed by atoms with van der Waals surface area (Å²) in [6, 6.07) is 6.65. The molecule has 0 aliphatic carbocycles. The van der Waals surface area contributed by atoms with Gasteiger partial charge < -0.3 is 0 Å². The molecule has 1 aromatic heterocycles. The van der Waals surface area contributed by atoms with E-state index in [0.717, 1.165) is 6.07 Å². The van der Waals surface area contributed by atoms with Crippen LogP contribution in [0.4, 0.5) is 13.2 Å². The number of pyridine rings is 1. The lowest BCUT2D eigenvalue weighted by molar-refractivity contribution is -0.136. The van der Waals surface area contributed by atoms with Crippen molar-refractivity contribution in [3.63, 3.8) is 0 Å². The van der Waals surface area contributed by atoms with Gasteiger partial charge in [0.15, 0.2) is 0 Å². The van der Waals surface area contributed by atoms with Crippen molar-refractivity contribution in [3.8, 4) is 0 Å². The molecule has 14 heavy (non-hydrogen) atoms.